The number of benzene rings is 1. The van der Waals surface area contributed by atoms with Crippen molar-refractivity contribution in [2.24, 2.45) is 4.99 Å². The molecular weight excluding hydrogens is 275 g/mol. The summed E-state index contributed by atoms with van der Waals surface area (Å²) >= 11 is 0. The number of esters is 1. The summed E-state index contributed by atoms with van der Waals surface area (Å²) in [7, 11) is 0. The molecule has 20 heavy (non-hydrogen) atoms. The average Bonchev–Trinajstić information content (AvgIpc) is 2.87. The van der Waals surface area contributed by atoms with Gasteiger partial charge in [-0.2, -0.15) is 13.2 Å². The molecule has 1 aliphatic heterocycles. The highest BCUT2D eigenvalue weighted by Gasteiger charge is 2.37. The van der Waals surface area contributed by atoms with Gasteiger partial charge in [0, 0.05) is 0 Å². The quantitative estimate of drug-likeness (QED) is 0.803. The minimum Gasteiger partial charge on any atom is -0.473 e. The molecule has 0 spiro atoms. The van der Waals surface area contributed by atoms with E-state index in [0.29, 0.717) is 0 Å². The molecule has 2 unspecified atom stereocenters. The number of ether oxygens (including phenoxy) is 2. The maximum atomic E-state index is 12.7. The summed E-state index contributed by atoms with van der Waals surface area (Å²) < 4.78 is 47.9. The Bertz CT molecular complexity index is 528. The Hall–Kier alpha value is -2.05. The van der Waals surface area contributed by atoms with Gasteiger partial charge in [0.1, 0.15) is 0 Å². The van der Waals surface area contributed by atoms with Crippen LogP contribution >= 0.6 is 0 Å². The zero-order valence-corrected chi connectivity index (χ0v) is 10.6. The van der Waals surface area contributed by atoms with Crippen molar-refractivity contribution < 1.29 is 27.4 Å². The van der Waals surface area contributed by atoms with E-state index >= 15 is 0 Å². The smallest absolute Gasteiger partial charge is 0.416 e. The van der Waals surface area contributed by atoms with Crippen LogP contribution in [0.4, 0.5) is 13.2 Å². The number of aliphatic imine (C=N–C) groups is 1. The molecule has 1 aromatic carbocycles. The fraction of sp³-hybridized carbons (Fsp3) is 0.385. The molecule has 0 N–H and O–H groups in total. The molecule has 2 rings (SSSR count). The Morgan fingerprint density at radius 2 is 2.20 bits per heavy atom. The Morgan fingerprint density at radius 1 is 1.45 bits per heavy atom. The number of hydrogen-bond donors (Lipinski definition) is 0. The SMILES string of the molecule is CCOC(=O)C1N=COC1c1cccc(C(F)(F)F)c1. The van der Waals surface area contributed by atoms with Crippen molar-refractivity contribution in [1.82, 2.24) is 0 Å². The summed E-state index contributed by atoms with van der Waals surface area (Å²) in [5, 5.41) is 0. The van der Waals surface area contributed by atoms with E-state index < -0.39 is 29.9 Å². The Morgan fingerprint density at radius 3 is 2.85 bits per heavy atom. The van der Waals surface area contributed by atoms with Gasteiger partial charge in [-0.15, -0.1) is 0 Å². The van der Waals surface area contributed by atoms with Crippen LogP contribution in [0.5, 0.6) is 0 Å². The van der Waals surface area contributed by atoms with E-state index in [1.54, 1.807) is 6.92 Å². The van der Waals surface area contributed by atoms with Gasteiger partial charge in [0.05, 0.1) is 12.2 Å². The van der Waals surface area contributed by atoms with Gasteiger partial charge in [-0.05, 0) is 24.6 Å². The van der Waals surface area contributed by atoms with Crippen LogP contribution in [-0.4, -0.2) is 25.0 Å². The number of hydrogen-bond acceptors (Lipinski definition) is 4. The molecule has 0 radical (unpaired) electrons. The van der Waals surface area contributed by atoms with Crippen LogP contribution in [0, 0.1) is 0 Å². The van der Waals surface area contributed by atoms with E-state index in [9.17, 15) is 18.0 Å². The van der Waals surface area contributed by atoms with Crippen LogP contribution in [0.3, 0.4) is 0 Å². The van der Waals surface area contributed by atoms with Crippen LogP contribution in [0.15, 0.2) is 29.3 Å². The molecule has 0 saturated heterocycles. The predicted molar refractivity (Wildman–Crippen MR) is 64.2 cm³/mol. The van der Waals surface area contributed by atoms with Gasteiger partial charge < -0.3 is 9.47 Å². The molecule has 0 bridgehead atoms. The molecule has 1 aliphatic rings. The number of nitrogens with zero attached hydrogens (tertiary/aromatic N) is 1. The lowest BCUT2D eigenvalue weighted by Gasteiger charge is -2.17. The summed E-state index contributed by atoms with van der Waals surface area (Å²) in [6.07, 6.45) is -4.28. The van der Waals surface area contributed by atoms with E-state index in [4.69, 9.17) is 9.47 Å². The molecule has 2 atom stereocenters. The van der Waals surface area contributed by atoms with E-state index in [1.165, 1.54) is 12.1 Å². The monoisotopic (exact) mass is 287 g/mol. The number of halogens is 3. The fourth-order valence-electron chi connectivity index (χ4n) is 1.88. The van der Waals surface area contributed by atoms with Gasteiger partial charge in [-0.3, -0.25) is 0 Å². The zero-order chi connectivity index (χ0) is 14.8. The highest BCUT2D eigenvalue weighted by molar-refractivity contribution is 5.80. The second kappa shape index (κ2) is 5.52. The summed E-state index contributed by atoms with van der Waals surface area (Å²) in [4.78, 5) is 15.5. The zero-order valence-electron chi connectivity index (χ0n) is 10.6. The van der Waals surface area contributed by atoms with Crippen LogP contribution < -0.4 is 0 Å². The lowest BCUT2D eigenvalue weighted by Crippen LogP contribution is -2.26. The topological polar surface area (TPSA) is 47.9 Å². The Kier molecular flexibility index (Phi) is 3.96. The van der Waals surface area contributed by atoms with Crippen molar-refractivity contribution in [3.05, 3.63) is 35.4 Å². The Balaban J connectivity index is 2.25. The summed E-state index contributed by atoms with van der Waals surface area (Å²) in [5.74, 6) is -0.622. The first-order valence-electron chi connectivity index (χ1n) is 5.94. The Labute approximate surface area is 113 Å². The first-order chi connectivity index (χ1) is 9.43. The second-order valence-electron chi connectivity index (χ2n) is 4.13. The van der Waals surface area contributed by atoms with Crippen LogP contribution in [0.2, 0.25) is 0 Å². The number of carbonyl (C=O) groups is 1. The number of alkyl halides is 3. The molecule has 0 fully saturated rings. The van der Waals surface area contributed by atoms with Crippen molar-refractivity contribution in [2.45, 2.75) is 25.2 Å². The van der Waals surface area contributed by atoms with Crippen molar-refractivity contribution in [2.75, 3.05) is 6.61 Å². The van der Waals surface area contributed by atoms with Crippen molar-refractivity contribution in [3.63, 3.8) is 0 Å². The standard InChI is InChI=1S/C13H12F3NO3/c1-2-19-12(18)10-11(20-7-17-10)8-4-3-5-9(6-8)13(14,15)16/h3-7,10-11H,2H2,1H3. The second-order valence-corrected chi connectivity index (χ2v) is 4.13. The highest BCUT2D eigenvalue weighted by atomic mass is 19.4. The first-order valence-corrected chi connectivity index (χ1v) is 5.94. The molecule has 1 heterocycles. The van der Waals surface area contributed by atoms with Crippen molar-refractivity contribution >= 4 is 12.4 Å². The molecule has 0 amide bonds. The van der Waals surface area contributed by atoms with Crippen LogP contribution in [-0.2, 0) is 20.4 Å². The molecule has 1 aromatic rings. The molecule has 0 aromatic heterocycles. The van der Waals surface area contributed by atoms with Gasteiger partial charge in [-0.25, -0.2) is 9.79 Å². The molecule has 0 saturated carbocycles. The van der Waals surface area contributed by atoms with Gasteiger partial charge in [-0.1, -0.05) is 12.1 Å². The maximum Gasteiger partial charge on any atom is 0.416 e. The largest absolute Gasteiger partial charge is 0.473 e. The lowest BCUT2D eigenvalue weighted by atomic mass is 10.0. The van der Waals surface area contributed by atoms with E-state index in [2.05, 4.69) is 4.99 Å². The summed E-state index contributed by atoms with van der Waals surface area (Å²) in [5.41, 5.74) is -0.566. The van der Waals surface area contributed by atoms with Gasteiger partial charge >= 0.3 is 12.1 Å². The van der Waals surface area contributed by atoms with E-state index in [1.807, 2.05) is 0 Å². The van der Waals surface area contributed by atoms with Crippen LogP contribution in [0.25, 0.3) is 0 Å². The third-order valence-electron chi connectivity index (χ3n) is 2.79. The minimum atomic E-state index is -4.45. The van der Waals surface area contributed by atoms with E-state index in [0.717, 1.165) is 18.5 Å². The van der Waals surface area contributed by atoms with E-state index in [-0.39, 0.29) is 12.2 Å². The molecular formula is C13H12F3NO3. The molecule has 108 valence electrons. The normalized spacial score (nSPS) is 21.6. The molecule has 0 aliphatic carbocycles. The van der Waals surface area contributed by atoms with Gasteiger partial charge in [0.15, 0.2) is 18.5 Å². The average molecular weight is 287 g/mol. The molecule has 4 nitrogen and oxygen atoms in total. The van der Waals surface area contributed by atoms with Crippen LogP contribution in [0.1, 0.15) is 24.2 Å². The number of carbonyl (C=O) groups excluding carboxylic acids is 1. The predicted octanol–water partition coefficient (Wildman–Crippen LogP) is 2.74. The lowest BCUT2D eigenvalue weighted by molar-refractivity contribution is -0.146. The van der Waals surface area contributed by atoms with Crippen molar-refractivity contribution in [1.29, 1.82) is 0 Å². The fourth-order valence-corrected chi connectivity index (χ4v) is 1.88. The third kappa shape index (κ3) is 2.92. The summed E-state index contributed by atoms with van der Waals surface area (Å²) in [6.45, 7) is 1.80. The van der Waals surface area contributed by atoms with Gasteiger partial charge in [0.25, 0.3) is 0 Å². The first kappa shape index (κ1) is 14.4. The maximum absolute atomic E-state index is 12.7. The third-order valence-corrected chi connectivity index (χ3v) is 2.79. The number of rotatable bonds is 3. The minimum absolute atomic E-state index is 0.167. The highest BCUT2D eigenvalue weighted by Crippen LogP contribution is 2.34. The molecule has 7 heteroatoms. The van der Waals surface area contributed by atoms with Gasteiger partial charge in [0.2, 0.25) is 0 Å². The van der Waals surface area contributed by atoms with Crippen molar-refractivity contribution in [3.8, 4) is 0 Å². The summed E-state index contributed by atoms with van der Waals surface area (Å²) in [6, 6.07) is 3.66.